The molecule has 3 nitrogen and oxygen atoms in total. The van der Waals surface area contributed by atoms with Crippen LogP contribution in [0.3, 0.4) is 0 Å². The quantitative estimate of drug-likeness (QED) is 0.655. The Hall–Kier alpha value is -0.120. The van der Waals surface area contributed by atoms with Crippen LogP contribution < -0.4 is 0 Å². The molecule has 3 heteroatoms. The number of aliphatic hydroxyl groups excluding tert-OH is 1. The number of hydrogen-bond donors (Lipinski definition) is 1. The van der Waals surface area contributed by atoms with Crippen molar-refractivity contribution in [3.05, 3.63) is 0 Å². The SMILES string of the molecule is CCCC1CN(CCCCCO)CCO1. The number of ether oxygens (including phenoxy) is 1. The second-order valence-electron chi connectivity index (χ2n) is 4.37. The Kier molecular flexibility index (Phi) is 6.98. The van der Waals surface area contributed by atoms with Crippen LogP contribution in [0.15, 0.2) is 0 Å². The summed E-state index contributed by atoms with van der Waals surface area (Å²) in [5, 5.41) is 8.68. The number of hydrogen-bond acceptors (Lipinski definition) is 3. The molecule has 90 valence electrons. The van der Waals surface area contributed by atoms with Gasteiger partial charge in [0.1, 0.15) is 0 Å². The Morgan fingerprint density at radius 3 is 2.93 bits per heavy atom. The Morgan fingerprint density at radius 1 is 1.33 bits per heavy atom. The van der Waals surface area contributed by atoms with Gasteiger partial charge in [-0.2, -0.15) is 0 Å². The molecule has 0 bridgehead atoms. The molecule has 1 aliphatic heterocycles. The van der Waals surface area contributed by atoms with E-state index in [0.29, 0.717) is 12.7 Å². The average molecular weight is 215 g/mol. The molecule has 0 spiro atoms. The van der Waals surface area contributed by atoms with Crippen molar-refractivity contribution in [3.8, 4) is 0 Å². The Balaban J connectivity index is 2.07. The Labute approximate surface area is 93.4 Å². The van der Waals surface area contributed by atoms with E-state index < -0.39 is 0 Å². The van der Waals surface area contributed by atoms with Gasteiger partial charge in [-0.05, 0) is 32.2 Å². The molecule has 0 radical (unpaired) electrons. The minimum atomic E-state index is 0.335. The highest BCUT2D eigenvalue weighted by Gasteiger charge is 2.18. The summed E-state index contributed by atoms with van der Waals surface area (Å²) < 4.78 is 5.69. The van der Waals surface area contributed by atoms with E-state index in [9.17, 15) is 0 Å². The zero-order valence-corrected chi connectivity index (χ0v) is 9.95. The number of nitrogens with zero attached hydrogens (tertiary/aromatic N) is 1. The van der Waals surface area contributed by atoms with E-state index in [1.807, 2.05) is 0 Å². The van der Waals surface area contributed by atoms with Gasteiger partial charge in [0, 0.05) is 19.7 Å². The minimum Gasteiger partial charge on any atom is -0.396 e. The van der Waals surface area contributed by atoms with Crippen LogP contribution in [0.2, 0.25) is 0 Å². The van der Waals surface area contributed by atoms with E-state index in [1.54, 1.807) is 0 Å². The van der Waals surface area contributed by atoms with Crippen LogP contribution in [0.25, 0.3) is 0 Å². The highest BCUT2D eigenvalue weighted by Crippen LogP contribution is 2.11. The molecule has 1 N–H and O–H groups in total. The molecule has 1 rings (SSSR count). The first-order valence-corrected chi connectivity index (χ1v) is 6.31. The highest BCUT2D eigenvalue weighted by atomic mass is 16.5. The third kappa shape index (κ3) is 5.50. The zero-order valence-electron chi connectivity index (χ0n) is 9.95. The number of rotatable bonds is 7. The fourth-order valence-electron chi connectivity index (χ4n) is 2.10. The second kappa shape index (κ2) is 8.08. The summed E-state index contributed by atoms with van der Waals surface area (Å²) in [6.45, 7) is 6.80. The first-order valence-electron chi connectivity index (χ1n) is 6.31. The van der Waals surface area contributed by atoms with Gasteiger partial charge >= 0.3 is 0 Å². The predicted molar refractivity (Wildman–Crippen MR) is 62.0 cm³/mol. The van der Waals surface area contributed by atoms with Gasteiger partial charge in [0.15, 0.2) is 0 Å². The second-order valence-corrected chi connectivity index (χ2v) is 4.37. The van der Waals surface area contributed by atoms with E-state index >= 15 is 0 Å². The molecule has 1 fully saturated rings. The van der Waals surface area contributed by atoms with E-state index in [-0.39, 0.29) is 0 Å². The maximum Gasteiger partial charge on any atom is 0.0702 e. The van der Waals surface area contributed by atoms with Crippen LogP contribution in [0.1, 0.15) is 39.0 Å². The van der Waals surface area contributed by atoms with Crippen molar-refractivity contribution >= 4 is 0 Å². The molecule has 0 saturated carbocycles. The maximum atomic E-state index is 8.68. The molecule has 0 aliphatic carbocycles. The van der Waals surface area contributed by atoms with E-state index in [0.717, 1.165) is 32.5 Å². The van der Waals surface area contributed by atoms with Gasteiger partial charge in [-0.3, -0.25) is 4.90 Å². The van der Waals surface area contributed by atoms with Gasteiger partial charge in [-0.1, -0.05) is 13.3 Å². The van der Waals surface area contributed by atoms with E-state index in [4.69, 9.17) is 9.84 Å². The number of morpholine rings is 1. The maximum absolute atomic E-state index is 8.68. The average Bonchev–Trinajstić information content (AvgIpc) is 2.26. The van der Waals surface area contributed by atoms with Crippen LogP contribution in [0.4, 0.5) is 0 Å². The lowest BCUT2D eigenvalue weighted by atomic mass is 10.1. The molecular formula is C12H25NO2. The van der Waals surface area contributed by atoms with Crippen molar-refractivity contribution in [2.75, 3.05) is 32.8 Å². The van der Waals surface area contributed by atoms with Gasteiger partial charge in [-0.15, -0.1) is 0 Å². The van der Waals surface area contributed by atoms with Crippen LogP contribution >= 0.6 is 0 Å². The predicted octanol–water partition coefficient (Wildman–Crippen LogP) is 1.65. The monoisotopic (exact) mass is 215 g/mol. The van der Waals surface area contributed by atoms with Gasteiger partial charge in [0.05, 0.1) is 12.7 Å². The van der Waals surface area contributed by atoms with Crippen LogP contribution in [0, 0.1) is 0 Å². The standard InChI is InChI=1S/C12H25NO2/c1-2-6-12-11-13(8-10-15-12)7-4-3-5-9-14/h12,14H,2-11H2,1H3. The third-order valence-corrected chi connectivity index (χ3v) is 2.97. The summed E-state index contributed by atoms with van der Waals surface area (Å²) in [6, 6.07) is 0. The lowest BCUT2D eigenvalue weighted by Gasteiger charge is -2.32. The fourth-order valence-corrected chi connectivity index (χ4v) is 2.10. The van der Waals surface area contributed by atoms with E-state index in [1.165, 1.54) is 25.8 Å². The van der Waals surface area contributed by atoms with Crippen LogP contribution in [0.5, 0.6) is 0 Å². The largest absolute Gasteiger partial charge is 0.396 e. The fraction of sp³-hybridized carbons (Fsp3) is 1.00. The van der Waals surface area contributed by atoms with Crippen LogP contribution in [-0.4, -0.2) is 49.0 Å². The molecular weight excluding hydrogens is 190 g/mol. The highest BCUT2D eigenvalue weighted by molar-refractivity contribution is 4.70. The molecule has 0 aromatic rings. The molecule has 1 heterocycles. The lowest BCUT2D eigenvalue weighted by molar-refractivity contribution is -0.0326. The molecule has 1 aliphatic rings. The van der Waals surface area contributed by atoms with Crippen LogP contribution in [-0.2, 0) is 4.74 Å². The zero-order chi connectivity index (χ0) is 10.9. The van der Waals surface area contributed by atoms with E-state index in [2.05, 4.69) is 11.8 Å². The van der Waals surface area contributed by atoms with Crippen molar-refractivity contribution in [1.29, 1.82) is 0 Å². The normalized spacial score (nSPS) is 23.2. The molecule has 1 unspecified atom stereocenters. The van der Waals surface area contributed by atoms with Gasteiger partial charge < -0.3 is 9.84 Å². The minimum absolute atomic E-state index is 0.335. The summed E-state index contributed by atoms with van der Waals surface area (Å²) in [4.78, 5) is 2.50. The topological polar surface area (TPSA) is 32.7 Å². The Bertz CT molecular complexity index is 151. The summed E-state index contributed by atoms with van der Waals surface area (Å²) in [7, 11) is 0. The third-order valence-electron chi connectivity index (χ3n) is 2.97. The van der Waals surface area contributed by atoms with Gasteiger partial charge in [-0.25, -0.2) is 0 Å². The molecule has 1 atom stereocenters. The summed E-state index contributed by atoms with van der Waals surface area (Å²) in [5.41, 5.74) is 0. The molecule has 1 saturated heterocycles. The summed E-state index contributed by atoms with van der Waals surface area (Å²) >= 11 is 0. The smallest absolute Gasteiger partial charge is 0.0702 e. The van der Waals surface area contributed by atoms with Gasteiger partial charge in [0.2, 0.25) is 0 Å². The first-order chi connectivity index (χ1) is 7.36. The summed E-state index contributed by atoms with van der Waals surface area (Å²) in [6.07, 6.45) is 6.16. The van der Waals surface area contributed by atoms with Gasteiger partial charge in [0.25, 0.3) is 0 Å². The number of aliphatic hydroxyl groups is 1. The van der Waals surface area contributed by atoms with Crippen molar-refractivity contribution in [2.45, 2.75) is 45.1 Å². The Morgan fingerprint density at radius 2 is 2.20 bits per heavy atom. The molecule has 0 aromatic heterocycles. The van der Waals surface area contributed by atoms with Crippen molar-refractivity contribution in [1.82, 2.24) is 4.90 Å². The lowest BCUT2D eigenvalue weighted by Crippen LogP contribution is -2.42. The first kappa shape index (κ1) is 12.9. The number of unbranched alkanes of at least 4 members (excludes halogenated alkanes) is 2. The summed E-state index contributed by atoms with van der Waals surface area (Å²) in [5.74, 6) is 0. The molecule has 0 aromatic carbocycles. The molecule has 15 heavy (non-hydrogen) atoms. The molecule has 0 amide bonds. The van der Waals surface area contributed by atoms with Crippen molar-refractivity contribution in [2.24, 2.45) is 0 Å². The van der Waals surface area contributed by atoms with Crippen molar-refractivity contribution < 1.29 is 9.84 Å². The van der Waals surface area contributed by atoms with Crippen molar-refractivity contribution in [3.63, 3.8) is 0 Å².